The number of carbonyl (C=O) groups is 2. The second-order valence-electron chi connectivity index (χ2n) is 12.6. The molecule has 6 nitrogen and oxygen atoms in total. The number of benzene rings is 4. The van der Waals surface area contributed by atoms with Crippen LogP contribution in [-0.4, -0.2) is 36.0 Å². The Kier molecular flexibility index (Phi) is 11.1. The number of hydrogen-bond acceptors (Lipinski definition) is 3. The summed E-state index contributed by atoms with van der Waals surface area (Å²) in [6, 6.07) is 30.2. The first-order chi connectivity index (χ1) is 21.4. The minimum Gasteiger partial charge on any atom is -0.357 e. The zero-order chi connectivity index (χ0) is 32.6. The van der Waals surface area contributed by atoms with Crippen molar-refractivity contribution in [3.8, 4) is 11.1 Å². The highest BCUT2D eigenvalue weighted by molar-refractivity contribution is 7.66. The zero-order valence-electron chi connectivity index (χ0n) is 26.3. The van der Waals surface area contributed by atoms with Crippen LogP contribution in [0.2, 0.25) is 0 Å². The molecule has 0 aliphatic rings. The van der Waals surface area contributed by atoms with Crippen molar-refractivity contribution in [2.45, 2.75) is 46.1 Å². The third-order valence-electron chi connectivity index (χ3n) is 8.00. The van der Waals surface area contributed by atoms with Gasteiger partial charge in [-0.15, -0.1) is 0 Å². The van der Waals surface area contributed by atoms with Crippen LogP contribution in [0.5, 0.6) is 0 Å². The van der Waals surface area contributed by atoms with E-state index in [0.717, 1.165) is 27.8 Å². The van der Waals surface area contributed by atoms with Crippen molar-refractivity contribution in [2.75, 3.05) is 13.2 Å². The number of aryl methyl sites for hydroxylation is 1. The van der Waals surface area contributed by atoms with Gasteiger partial charge in [-0.1, -0.05) is 99.6 Å². The molecule has 3 N–H and O–H groups in total. The summed E-state index contributed by atoms with van der Waals surface area (Å²) >= 11 is 0. The molecule has 3 unspecified atom stereocenters. The topological polar surface area (TPSA) is 95.5 Å². The number of amides is 2. The van der Waals surface area contributed by atoms with Crippen LogP contribution >= 0.6 is 7.37 Å². The molecule has 0 aliphatic carbocycles. The van der Waals surface area contributed by atoms with Crippen LogP contribution in [0.25, 0.3) is 11.1 Å². The molecule has 3 atom stereocenters. The second kappa shape index (κ2) is 14.8. The number of likely N-dealkylation sites (N-methyl/N-ethyl adjacent to an activating group) is 1. The fraction of sp³-hybridized carbons (Fsp3) is 0.297. The molecule has 0 radical (unpaired) electrons. The molecule has 0 aliphatic heterocycles. The van der Waals surface area contributed by atoms with Crippen LogP contribution in [0.4, 0.5) is 4.39 Å². The normalized spacial score (nSPS) is 14.2. The van der Waals surface area contributed by atoms with Gasteiger partial charge in [-0.05, 0) is 76.8 Å². The van der Waals surface area contributed by atoms with E-state index in [1.54, 1.807) is 24.3 Å². The maximum atomic E-state index is 13.8. The molecular formula is C37H42FN2O4P. The predicted molar refractivity (Wildman–Crippen MR) is 179 cm³/mol. The van der Waals surface area contributed by atoms with Crippen molar-refractivity contribution < 1.29 is 23.4 Å². The van der Waals surface area contributed by atoms with E-state index in [4.69, 9.17) is 0 Å². The first-order valence-corrected chi connectivity index (χ1v) is 17.0. The summed E-state index contributed by atoms with van der Waals surface area (Å²) in [6.45, 7) is 5.58. The molecule has 0 aromatic heterocycles. The van der Waals surface area contributed by atoms with E-state index in [9.17, 15) is 23.4 Å². The van der Waals surface area contributed by atoms with E-state index < -0.39 is 30.7 Å². The Labute approximate surface area is 265 Å². The van der Waals surface area contributed by atoms with Gasteiger partial charge >= 0.3 is 0 Å². The quantitative estimate of drug-likeness (QED) is 0.156. The third-order valence-corrected chi connectivity index (χ3v) is 10.0. The summed E-state index contributed by atoms with van der Waals surface area (Å²) in [6.07, 6.45) is 1.24. The molecule has 0 bridgehead atoms. The Morgan fingerprint density at radius 2 is 1.31 bits per heavy atom. The van der Waals surface area contributed by atoms with Crippen LogP contribution in [0.15, 0.2) is 103 Å². The monoisotopic (exact) mass is 628 g/mol. The van der Waals surface area contributed by atoms with Gasteiger partial charge in [0, 0.05) is 24.4 Å². The summed E-state index contributed by atoms with van der Waals surface area (Å²) in [5.74, 6) is -1.88. The maximum Gasteiger partial charge on any atom is 0.242 e. The van der Waals surface area contributed by atoms with Gasteiger partial charge in [0.25, 0.3) is 0 Å². The van der Waals surface area contributed by atoms with E-state index in [2.05, 4.69) is 10.6 Å². The molecule has 0 spiro atoms. The van der Waals surface area contributed by atoms with Gasteiger partial charge in [-0.25, -0.2) is 4.39 Å². The van der Waals surface area contributed by atoms with Crippen molar-refractivity contribution in [3.63, 3.8) is 0 Å². The summed E-state index contributed by atoms with van der Waals surface area (Å²) < 4.78 is 27.1. The fourth-order valence-electron chi connectivity index (χ4n) is 5.31. The lowest BCUT2D eigenvalue weighted by Gasteiger charge is -2.31. The van der Waals surface area contributed by atoms with E-state index in [1.165, 1.54) is 19.2 Å². The van der Waals surface area contributed by atoms with Gasteiger partial charge in [0.2, 0.25) is 19.2 Å². The Morgan fingerprint density at radius 1 is 0.778 bits per heavy atom. The number of carbonyl (C=O) groups excluding carboxylic acids is 2. The van der Waals surface area contributed by atoms with Crippen LogP contribution in [0.1, 0.15) is 43.9 Å². The largest absolute Gasteiger partial charge is 0.357 e. The van der Waals surface area contributed by atoms with Gasteiger partial charge in [0.15, 0.2) is 0 Å². The van der Waals surface area contributed by atoms with Crippen LogP contribution in [0, 0.1) is 17.2 Å². The molecule has 4 aromatic carbocycles. The Bertz CT molecular complexity index is 1620. The van der Waals surface area contributed by atoms with E-state index >= 15 is 0 Å². The van der Waals surface area contributed by atoms with Crippen LogP contribution in [0.3, 0.4) is 0 Å². The minimum atomic E-state index is -3.94. The zero-order valence-corrected chi connectivity index (χ0v) is 27.2. The molecule has 0 saturated heterocycles. The highest BCUT2D eigenvalue weighted by Crippen LogP contribution is 2.42. The van der Waals surface area contributed by atoms with Gasteiger partial charge in [-0.3, -0.25) is 14.2 Å². The Balaban J connectivity index is 1.53. The first kappa shape index (κ1) is 33.8. The number of rotatable bonds is 12. The van der Waals surface area contributed by atoms with E-state index in [1.807, 2.05) is 87.5 Å². The summed E-state index contributed by atoms with van der Waals surface area (Å²) in [4.78, 5) is 37.7. The Hall–Kier alpha value is -4.06. The van der Waals surface area contributed by atoms with Crippen molar-refractivity contribution in [2.24, 2.45) is 11.3 Å². The van der Waals surface area contributed by atoms with E-state index in [-0.39, 0.29) is 17.9 Å². The molecule has 0 heterocycles. The smallest absolute Gasteiger partial charge is 0.242 e. The lowest BCUT2D eigenvalue weighted by molar-refractivity contribution is -0.133. The number of halogens is 1. The van der Waals surface area contributed by atoms with Gasteiger partial charge < -0.3 is 15.5 Å². The average Bonchev–Trinajstić information content (AvgIpc) is 3.02. The highest BCUT2D eigenvalue weighted by atomic mass is 31.2. The molecule has 236 valence electrons. The molecule has 8 heteroatoms. The maximum absolute atomic E-state index is 13.8. The van der Waals surface area contributed by atoms with Crippen LogP contribution < -0.4 is 15.9 Å². The van der Waals surface area contributed by atoms with E-state index in [0.29, 0.717) is 24.6 Å². The Morgan fingerprint density at radius 3 is 1.87 bits per heavy atom. The molecule has 0 fully saturated rings. The SMILES string of the molecule is CNC(=O)C(NC(=O)C(CCc1ccc(-c2ccc(F)cc2)cc1)CP(=O)(O)c1ccc(Cc2ccccc2)cc1)C(C)(C)C. The summed E-state index contributed by atoms with van der Waals surface area (Å²) in [7, 11) is -2.42. The van der Waals surface area contributed by atoms with Crippen molar-refractivity contribution in [3.05, 3.63) is 126 Å². The highest BCUT2D eigenvalue weighted by Gasteiger charge is 2.36. The first-order valence-electron chi connectivity index (χ1n) is 15.2. The van der Waals surface area contributed by atoms with Crippen LogP contribution in [-0.2, 0) is 27.0 Å². The van der Waals surface area contributed by atoms with Crippen molar-refractivity contribution in [1.82, 2.24) is 10.6 Å². The molecule has 45 heavy (non-hydrogen) atoms. The number of nitrogens with one attached hydrogen (secondary N) is 2. The molecular weight excluding hydrogens is 586 g/mol. The van der Waals surface area contributed by atoms with Gasteiger partial charge in [0.1, 0.15) is 11.9 Å². The average molecular weight is 629 g/mol. The number of hydrogen-bond donors (Lipinski definition) is 3. The van der Waals surface area contributed by atoms with Crippen molar-refractivity contribution in [1.29, 1.82) is 0 Å². The lowest BCUT2D eigenvalue weighted by atomic mass is 9.85. The van der Waals surface area contributed by atoms with Gasteiger partial charge in [-0.2, -0.15) is 0 Å². The minimum absolute atomic E-state index is 0.255. The molecule has 0 saturated carbocycles. The predicted octanol–water partition coefficient (Wildman–Crippen LogP) is 6.51. The fourth-order valence-corrected chi connectivity index (χ4v) is 7.09. The second-order valence-corrected chi connectivity index (χ2v) is 14.9. The standard InChI is InChI=1S/C37H42FN2O4P/c1-37(2,3)34(36(42)39-4)40-35(41)31(17-12-26-10-15-29(16-11-26)30-18-20-32(38)21-19-30)25-45(43,44)33-22-13-28(14-23-33)24-27-8-6-5-7-9-27/h5-11,13-16,18-23,31,34H,12,17,24-25H2,1-4H3,(H,39,42)(H,40,41)(H,43,44). The lowest BCUT2D eigenvalue weighted by Crippen LogP contribution is -2.54. The van der Waals surface area contributed by atoms with Crippen molar-refractivity contribution >= 4 is 24.5 Å². The molecule has 4 aromatic rings. The summed E-state index contributed by atoms with van der Waals surface area (Å²) in [5, 5.41) is 5.78. The summed E-state index contributed by atoms with van der Waals surface area (Å²) in [5.41, 5.74) is 4.36. The molecule has 4 rings (SSSR count). The third kappa shape index (κ3) is 9.46. The molecule has 2 amide bonds. The van der Waals surface area contributed by atoms with Gasteiger partial charge in [0.05, 0.1) is 0 Å².